The zero-order chi connectivity index (χ0) is 23.8. The first-order valence-electron chi connectivity index (χ1n) is 11.4. The molecule has 1 aliphatic heterocycles. The number of amides is 2. The number of nitrogens with zero attached hydrogens (tertiary/aromatic N) is 1. The van der Waals surface area contributed by atoms with Gasteiger partial charge in [0.25, 0.3) is 11.8 Å². The number of aliphatic carboxylic acids is 1. The van der Waals surface area contributed by atoms with E-state index in [9.17, 15) is 19.5 Å². The fourth-order valence-corrected chi connectivity index (χ4v) is 4.93. The number of carbonyl (C=O) groups excluding carboxylic acids is 2. The minimum atomic E-state index is -1.11. The minimum Gasteiger partial charge on any atom is -0.493 e. The maximum Gasteiger partial charge on any atom is 0.305 e. The molecule has 1 aliphatic carbocycles. The highest BCUT2D eigenvalue weighted by molar-refractivity contribution is 6.23. The van der Waals surface area contributed by atoms with Crippen LogP contribution in [-0.4, -0.2) is 41.0 Å². The number of benzene rings is 3. The van der Waals surface area contributed by atoms with Crippen LogP contribution >= 0.6 is 0 Å². The molecule has 0 aromatic heterocycles. The molecular weight excluding hydrogens is 434 g/mol. The molecule has 0 saturated heterocycles. The molecule has 7 heteroatoms. The van der Waals surface area contributed by atoms with Crippen LogP contribution in [0.3, 0.4) is 0 Å². The van der Waals surface area contributed by atoms with E-state index in [0.29, 0.717) is 17.1 Å². The van der Waals surface area contributed by atoms with E-state index in [1.165, 1.54) is 0 Å². The molecule has 1 N–H and O–H groups in total. The van der Waals surface area contributed by atoms with Gasteiger partial charge in [-0.1, -0.05) is 30.3 Å². The van der Waals surface area contributed by atoms with Gasteiger partial charge in [0, 0.05) is 0 Å². The van der Waals surface area contributed by atoms with Crippen LogP contribution in [-0.2, 0) is 4.79 Å². The molecule has 5 rings (SSSR count). The summed E-state index contributed by atoms with van der Waals surface area (Å²) >= 11 is 0. The Bertz CT molecular complexity index is 1240. The monoisotopic (exact) mass is 459 g/mol. The summed E-state index contributed by atoms with van der Waals surface area (Å²) in [5.41, 5.74) is 1.08. The average Bonchev–Trinajstić information content (AvgIpc) is 3.43. The Morgan fingerprint density at radius 2 is 1.59 bits per heavy atom. The molecule has 0 radical (unpaired) electrons. The Morgan fingerprint density at radius 3 is 2.15 bits per heavy atom. The molecule has 3 aromatic carbocycles. The quantitative estimate of drug-likeness (QED) is 0.501. The van der Waals surface area contributed by atoms with Crippen molar-refractivity contribution in [2.45, 2.75) is 44.2 Å². The maximum atomic E-state index is 13.4. The molecule has 1 atom stereocenters. The SMILES string of the molecule is COc1ccc(C(CC(=O)O)N2C(=O)c3cc4ccccc4cc3C2=O)cc1OC1CCCC1. The third kappa shape index (κ3) is 3.87. The topological polar surface area (TPSA) is 93.1 Å². The van der Waals surface area contributed by atoms with E-state index in [1.54, 1.807) is 37.4 Å². The Morgan fingerprint density at radius 1 is 0.971 bits per heavy atom. The number of carboxylic acids is 1. The Kier molecular flexibility index (Phi) is 5.69. The van der Waals surface area contributed by atoms with E-state index >= 15 is 0 Å². The van der Waals surface area contributed by atoms with Gasteiger partial charge in [-0.2, -0.15) is 0 Å². The number of fused-ring (bicyclic) bond motifs is 2. The van der Waals surface area contributed by atoms with Crippen molar-refractivity contribution < 1.29 is 29.0 Å². The van der Waals surface area contributed by atoms with Crippen LogP contribution < -0.4 is 9.47 Å². The standard InChI is InChI=1S/C27H25NO6/c1-33-23-11-10-18(14-24(23)34-19-8-4-5-9-19)22(15-25(29)30)28-26(31)20-12-16-6-2-3-7-17(16)13-21(20)27(28)32/h2-3,6-7,10-14,19,22H,4-5,8-9,15H2,1H3,(H,29,30). The third-order valence-electron chi connectivity index (χ3n) is 6.63. The lowest BCUT2D eigenvalue weighted by Crippen LogP contribution is -2.35. The van der Waals surface area contributed by atoms with Crippen molar-refractivity contribution in [3.8, 4) is 11.5 Å². The van der Waals surface area contributed by atoms with Crippen LogP contribution in [0.2, 0.25) is 0 Å². The molecular formula is C27H25NO6. The van der Waals surface area contributed by atoms with Crippen molar-refractivity contribution >= 4 is 28.6 Å². The molecule has 34 heavy (non-hydrogen) atoms. The fraction of sp³-hybridized carbons (Fsp3) is 0.296. The smallest absolute Gasteiger partial charge is 0.305 e. The van der Waals surface area contributed by atoms with Crippen LogP contribution in [0.5, 0.6) is 11.5 Å². The molecule has 2 amide bonds. The molecule has 1 fully saturated rings. The first kappa shape index (κ1) is 21.9. The number of ether oxygens (including phenoxy) is 2. The Labute approximate surface area is 196 Å². The van der Waals surface area contributed by atoms with Crippen LogP contribution in [0.15, 0.2) is 54.6 Å². The number of rotatable bonds is 7. The lowest BCUT2D eigenvalue weighted by Gasteiger charge is -2.26. The Balaban J connectivity index is 1.55. The van der Waals surface area contributed by atoms with E-state index in [1.807, 2.05) is 24.3 Å². The van der Waals surface area contributed by atoms with E-state index in [4.69, 9.17) is 9.47 Å². The van der Waals surface area contributed by atoms with Crippen LogP contribution in [0.1, 0.15) is 64.4 Å². The fourth-order valence-electron chi connectivity index (χ4n) is 4.93. The van der Waals surface area contributed by atoms with Gasteiger partial charge >= 0.3 is 5.97 Å². The van der Waals surface area contributed by atoms with E-state index < -0.39 is 30.2 Å². The number of carboxylic acid groups (broad SMARTS) is 1. The van der Waals surface area contributed by atoms with Crippen molar-refractivity contribution in [2.24, 2.45) is 0 Å². The van der Waals surface area contributed by atoms with Gasteiger partial charge in [-0.3, -0.25) is 19.3 Å². The molecule has 1 unspecified atom stereocenters. The predicted octanol–water partition coefficient (Wildman–Crippen LogP) is 4.98. The summed E-state index contributed by atoms with van der Waals surface area (Å²) in [4.78, 5) is 39.6. The van der Waals surface area contributed by atoms with Gasteiger partial charge in [-0.05, 0) is 66.3 Å². The van der Waals surface area contributed by atoms with Gasteiger partial charge in [0.1, 0.15) is 0 Å². The largest absolute Gasteiger partial charge is 0.493 e. The average molecular weight is 459 g/mol. The zero-order valence-electron chi connectivity index (χ0n) is 18.8. The molecule has 0 bridgehead atoms. The van der Waals surface area contributed by atoms with Crippen molar-refractivity contribution in [3.63, 3.8) is 0 Å². The van der Waals surface area contributed by atoms with Crippen molar-refractivity contribution in [1.29, 1.82) is 0 Å². The second-order valence-electron chi connectivity index (χ2n) is 8.77. The number of hydrogen-bond donors (Lipinski definition) is 1. The highest BCUT2D eigenvalue weighted by Crippen LogP contribution is 2.39. The Hall–Kier alpha value is -3.87. The van der Waals surface area contributed by atoms with Gasteiger partial charge < -0.3 is 14.6 Å². The van der Waals surface area contributed by atoms with E-state index in [2.05, 4.69) is 0 Å². The van der Waals surface area contributed by atoms with Crippen molar-refractivity contribution in [2.75, 3.05) is 7.11 Å². The van der Waals surface area contributed by atoms with Gasteiger partial charge in [-0.15, -0.1) is 0 Å². The number of methoxy groups -OCH3 is 1. The molecule has 174 valence electrons. The highest BCUT2D eigenvalue weighted by Gasteiger charge is 2.42. The zero-order valence-corrected chi connectivity index (χ0v) is 18.8. The summed E-state index contributed by atoms with van der Waals surface area (Å²) in [6.45, 7) is 0. The molecule has 2 aliphatic rings. The molecule has 3 aromatic rings. The summed E-state index contributed by atoms with van der Waals surface area (Å²) in [5.74, 6) is -1.08. The summed E-state index contributed by atoms with van der Waals surface area (Å²) in [6.07, 6.45) is 3.72. The van der Waals surface area contributed by atoms with Crippen molar-refractivity contribution in [1.82, 2.24) is 4.90 Å². The predicted molar refractivity (Wildman–Crippen MR) is 125 cm³/mol. The number of hydrogen-bond acceptors (Lipinski definition) is 5. The van der Waals surface area contributed by atoms with Crippen LogP contribution in [0, 0.1) is 0 Å². The van der Waals surface area contributed by atoms with Gasteiger partial charge in [0.05, 0.1) is 36.8 Å². The third-order valence-corrected chi connectivity index (χ3v) is 6.63. The summed E-state index contributed by atoms with van der Waals surface area (Å²) < 4.78 is 11.6. The van der Waals surface area contributed by atoms with E-state index in [0.717, 1.165) is 41.4 Å². The first-order valence-corrected chi connectivity index (χ1v) is 11.4. The lowest BCUT2D eigenvalue weighted by molar-refractivity contribution is -0.138. The minimum absolute atomic E-state index is 0.0637. The van der Waals surface area contributed by atoms with Crippen LogP contribution in [0.4, 0.5) is 0 Å². The van der Waals surface area contributed by atoms with Gasteiger partial charge in [0.15, 0.2) is 11.5 Å². The maximum absolute atomic E-state index is 13.4. The van der Waals surface area contributed by atoms with Gasteiger partial charge in [-0.25, -0.2) is 0 Å². The molecule has 0 spiro atoms. The second-order valence-corrected chi connectivity index (χ2v) is 8.77. The summed E-state index contributed by atoms with van der Waals surface area (Å²) in [7, 11) is 1.54. The van der Waals surface area contributed by atoms with Crippen molar-refractivity contribution in [3.05, 3.63) is 71.3 Å². The highest BCUT2D eigenvalue weighted by atomic mass is 16.5. The normalized spacial score (nSPS) is 16.7. The number of carbonyl (C=O) groups is 3. The summed E-state index contributed by atoms with van der Waals surface area (Å²) in [5, 5.41) is 11.3. The summed E-state index contributed by atoms with van der Waals surface area (Å²) in [6, 6.07) is 15.0. The molecule has 1 saturated carbocycles. The molecule has 7 nitrogen and oxygen atoms in total. The van der Waals surface area contributed by atoms with E-state index in [-0.39, 0.29) is 17.2 Å². The molecule has 1 heterocycles. The lowest BCUT2D eigenvalue weighted by atomic mass is 10.0. The van der Waals surface area contributed by atoms with Gasteiger partial charge in [0.2, 0.25) is 0 Å². The first-order chi connectivity index (χ1) is 16.5. The number of imide groups is 1. The second kappa shape index (κ2) is 8.82. The van der Waals surface area contributed by atoms with Crippen LogP contribution in [0.25, 0.3) is 10.8 Å².